The molecule has 1 rings (SSSR count). The summed E-state index contributed by atoms with van der Waals surface area (Å²) in [5.41, 5.74) is 8.66. The third kappa shape index (κ3) is 3.14. The Bertz CT molecular complexity index is 379. The van der Waals surface area contributed by atoms with Crippen LogP contribution in [-0.2, 0) is 6.54 Å². The zero-order valence-corrected chi connectivity index (χ0v) is 11.0. The Hall–Kier alpha value is -1.20. The van der Waals surface area contributed by atoms with Gasteiger partial charge in [-0.25, -0.2) is 0 Å². The summed E-state index contributed by atoms with van der Waals surface area (Å²) in [6, 6.07) is -0.0308. The van der Waals surface area contributed by atoms with E-state index in [0.717, 1.165) is 16.8 Å². The van der Waals surface area contributed by atoms with E-state index in [4.69, 9.17) is 5.73 Å². The minimum Gasteiger partial charge on any atom is -0.394 e. The number of anilines is 1. The van der Waals surface area contributed by atoms with Crippen LogP contribution in [0.15, 0.2) is 0 Å². The number of nitrogens with one attached hydrogen (secondary N) is 1. The van der Waals surface area contributed by atoms with Gasteiger partial charge in [0.25, 0.3) is 0 Å². The molecule has 0 bridgehead atoms. The molecule has 0 saturated heterocycles. The average Bonchev–Trinajstić information content (AvgIpc) is 2.30. The second kappa shape index (κ2) is 5.93. The van der Waals surface area contributed by atoms with Crippen LogP contribution >= 0.6 is 0 Å². The summed E-state index contributed by atoms with van der Waals surface area (Å²) >= 11 is 0. The summed E-state index contributed by atoms with van der Waals surface area (Å²) in [6.07, 6.45) is 0. The van der Waals surface area contributed by atoms with Gasteiger partial charge in [-0.3, -0.25) is 0 Å². The monoisotopic (exact) mass is 238 g/mol. The maximum absolute atomic E-state index is 9.30. The predicted molar refractivity (Wildman–Crippen MR) is 68.7 cm³/mol. The molecule has 5 heteroatoms. The molecule has 17 heavy (non-hydrogen) atoms. The fourth-order valence-corrected chi connectivity index (χ4v) is 1.62. The molecule has 1 atom stereocenters. The summed E-state index contributed by atoms with van der Waals surface area (Å²) in [5.74, 6) is 0.998. The molecule has 0 fully saturated rings. The van der Waals surface area contributed by atoms with Gasteiger partial charge in [0, 0.05) is 12.1 Å². The smallest absolute Gasteiger partial charge is 0.153 e. The molecule has 1 aromatic rings. The fraction of sp³-hybridized carbons (Fsp3) is 0.667. The van der Waals surface area contributed by atoms with Crippen molar-refractivity contribution in [1.82, 2.24) is 10.2 Å². The van der Waals surface area contributed by atoms with Crippen molar-refractivity contribution in [2.24, 2.45) is 11.7 Å². The van der Waals surface area contributed by atoms with Crippen LogP contribution in [-0.4, -0.2) is 28.0 Å². The number of aryl methyl sites for hydroxylation is 1. The molecule has 4 N–H and O–H groups in total. The van der Waals surface area contributed by atoms with Gasteiger partial charge in [-0.2, -0.15) is 5.10 Å². The van der Waals surface area contributed by atoms with Gasteiger partial charge < -0.3 is 16.2 Å². The van der Waals surface area contributed by atoms with Gasteiger partial charge >= 0.3 is 0 Å². The Morgan fingerprint density at radius 3 is 2.41 bits per heavy atom. The molecule has 1 aromatic heterocycles. The van der Waals surface area contributed by atoms with E-state index in [0.29, 0.717) is 18.3 Å². The van der Waals surface area contributed by atoms with Crippen LogP contribution < -0.4 is 11.1 Å². The zero-order chi connectivity index (χ0) is 13.0. The molecule has 0 aromatic carbocycles. The molecule has 0 aliphatic carbocycles. The Kier molecular flexibility index (Phi) is 4.84. The lowest BCUT2D eigenvalue weighted by Crippen LogP contribution is -2.31. The van der Waals surface area contributed by atoms with Gasteiger partial charge in [-0.15, -0.1) is 5.10 Å². The first-order valence-electron chi connectivity index (χ1n) is 5.91. The highest BCUT2D eigenvalue weighted by atomic mass is 16.3. The lowest BCUT2D eigenvalue weighted by Gasteiger charge is -2.22. The first kappa shape index (κ1) is 13.9. The molecular formula is C12H22N4O. The number of aromatic nitrogens is 2. The first-order valence-corrected chi connectivity index (χ1v) is 5.91. The largest absolute Gasteiger partial charge is 0.394 e. The molecular weight excluding hydrogens is 216 g/mol. The molecule has 0 aliphatic rings. The molecule has 0 amide bonds. The zero-order valence-electron chi connectivity index (χ0n) is 11.0. The number of aliphatic hydroxyl groups excluding tert-OH is 1. The molecule has 1 heterocycles. The minimum atomic E-state index is -0.0308. The van der Waals surface area contributed by atoms with E-state index < -0.39 is 0 Å². The number of nitrogens with two attached hydrogens (primary N) is 1. The lowest BCUT2D eigenvalue weighted by molar-refractivity contribution is 0.249. The van der Waals surface area contributed by atoms with Gasteiger partial charge in [0.15, 0.2) is 5.82 Å². The molecule has 0 radical (unpaired) electrons. The van der Waals surface area contributed by atoms with Crippen molar-refractivity contribution in [2.75, 3.05) is 11.9 Å². The number of hydrogen-bond acceptors (Lipinski definition) is 5. The summed E-state index contributed by atoms with van der Waals surface area (Å²) in [5, 5.41) is 20.7. The van der Waals surface area contributed by atoms with Crippen LogP contribution in [0.25, 0.3) is 0 Å². The summed E-state index contributed by atoms with van der Waals surface area (Å²) < 4.78 is 0. The van der Waals surface area contributed by atoms with E-state index >= 15 is 0 Å². The van der Waals surface area contributed by atoms with Crippen LogP contribution in [0.2, 0.25) is 0 Å². The van der Waals surface area contributed by atoms with E-state index in [9.17, 15) is 5.11 Å². The second-order valence-corrected chi connectivity index (χ2v) is 4.62. The highest BCUT2D eigenvalue weighted by Gasteiger charge is 2.16. The fourth-order valence-electron chi connectivity index (χ4n) is 1.62. The molecule has 0 aliphatic heterocycles. The molecule has 1 unspecified atom stereocenters. The van der Waals surface area contributed by atoms with Crippen LogP contribution in [0.3, 0.4) is 0 Å². The maximum Gasteiger partial charge on any atom is 0.153 e. The third-order valence-electron chi connectivity index (χ3n) is 3.11. The number of hydrogen-bond donors (Lipinski definition) is 3. The summed E-state index contributed by atoms with van der Waals surface area (Å²) in [7, 11) is 0. The SMILES string of the molecule is Cc1nnc(NC(CO)C(C)C)c(CN)c1C. The van der Waals surface area contributed by atoms with Crippen molar-refractivity contribution in [2.45, 2.75) is 40.3 Å². The molecule has 0 saturated carbocycles. The van der Waals surface area contributed by atoms with Crippen LogP contribution in [0.1, 0.15) is 30.7 Å². The predicted octanol–water partition coefficient (Wildman–Crippen LogP) is 0.981. The first-order chi connectivity index (χ1) is 8.01. The molecule has 96 valence electrons. The quantitative estimate of drug-likeness (QED) is 0.712. The highest BCUT2D eigenvalue weighted by molar-refractivity contribution is 5.49. The molecule has 5 nitrogen and oxygen atoms in total. The Morgan fingerprint density at radius 1 is 1.29 bits per heavy atom. The lowest BCUT2D eigenvalue weighted by atomic mass is 10.0. The van der Waals surface area contributed by atoms with Crippen LogP contribution in [0.4, 0.5) is 5.82 Å². The number of aliphatic hydroxyl groups is 1. The topological polar surface area (TPSA) is 84.1 Å². The van der Waals surface area contributed by atoms with Crippen molar-refractivity contribution in [3.8, 4) is 0 Å². The van der Waals surface area contributed by atoms with Crippen LogP contribution in [0, 0.1) is 19.8 Å². The van der Waals surface area contributed by atoms with E-state index in [2.05, 4.69) is 15.5 Å². The van der Waals surface area contributed by atoms with Gasteiger partial charge in [-0.1, -0.05) is 13.8 Å². The Balaban J connectivity index is 3.02. The summed E-state index contributed by atoms with van der Waals surface area (Å²) in [4.78, 5) is 0. The van der Waals surface area contributed by atoms with E-state index in [-0.39, 0.29) is 12.6 Å². The van der Waals surface area contributed by atoms with Crippen LogP contribution in [0.5, 0.6) is 0 Å². The maximum atomic E-state index is 9.30. The number of rotatable bonds is 5. The Morgan fingerprint density at radius 2 is 1.94 bits per heavy atom. The van der Waals surface area contributed by atoms with Crippen molar-refractivity contribution < 1.29 is 5.11 Å². The number of nitrogens with zero attached hydrogens (tertiary/aromatic N) is 2. The van der Waals surface area contributed by atoms with E-state index in [1.165, 1.54) is 0 Å². The minimum absolute atomic E-state index is 0.0308. The standard InChI is InChI=1S/C12H22N4O/c1-7(2)11(6-17)14-12-10(5-13)8(3)9(4)15-16-12/h7,11,17H,5-6,13H2,1-4H3,(H,14,16). The second-order valence-electron chi connectivity index (χ2n) is 4.62. The highest BCUT2D eigenvalue weighted by Crippen LogP contribution is 2.19. The van der Waals surface area contributed by atoms with E-state index in [1.807, 2.05) is 27.7 Å². The van der Waals surface area contributed by atoms with Crippen molar-refractivity contribution in [3.63, 3.8) is 0 Å². The average molecular weight is 238 g/mol. The van der Waals surface area contributed by atoms with Gasteiger partial charge in [0.2, 0.25) is 0 Å². The normalized spacial score (nSPS) is 12.9. The Labute approximate surface area is 102 Å². The summed E-state index contributed by atoms with van der Waals surface area (Å²) in [6.45, 7) is 8.48. The van der Waals surface area contributed by atoms with Gasteiger partial charge in [-0.05, 0) is 25.3 Å². The van der Waals surface area contributed by atoms with Crippen molar-refractivity contribution >= 4 is 5.82 Å². The van der Waals surface area contributed by atoms with Gasteiger partial charge in [0.1, 0.15) is 0 Å². The van der Waals surface area contributed by atoms with Crippen molar-refractivity contribution in [3.05, 3.63) is 16.8 Å². The van der Waals surface area contributed by atoms with E-state index in [1.54, 1.807) is 0 Å². The van der Waals surface area contributed by atoms with Gasteiger partial charge in [0.05, 0.1) is 18.3 Å². The van der Waals surface area contributed by atoms with Crippen molar-refractivity contribution in [1.29, 1.82) is 0 Å². The molecule has 0 spiro atoms. The third-order valence-corrected chi connectivity index (χ3v) is 3.11.